The second-order valence-corrected chi connectivity index (χ2v) is 11.8. The molecule has 2 aromatic carbocycles. The summed E-state index contributed by atoms with van der Waals surface area (Å²) in [4.78, 5) is 58.3. The van der Waals surface area contributed by atoms with Gasteiger partial charge in [0.15, 0.2) is 5.54 Å². The van der Waals surface area contributed by atoms with Gasteiger partial charge >= 0.3 is 6.09 Å². The number of nitrogens with one attached hydrogen (secondary N) is 3. The lowest BCUT2D eigenvalue weighted by molar-refractivity contribution is -0.130. The van der Waals surface area contributed by atoms with Crippen molar-refractivity contribution in [2.24, 2.45) is 0 Å². The van der Waals surface area contributed by atoms with Crippen LogP contribution in [-0.2, 0) is 27.2 Å². The second-order valence-electron chi connectivity index (χ2n) is 10.8. The Kier molecular flexibility index (Phi) is 10.8. The van der Waals surface area contributed by atoms with Crippen molar-refractivity contribution in [3.05, 3.63) is 87.4 Å². The lowest BCUT2D eigenvalue weighted by Crippen LogP contribution is -2.65. The van der Waals surface area contributed by atoms with Crippen molar-refractivity contribution in [1.29, 1.82) is 0 Å². The maximum atomic E-state index is 13.6. The topological polar surface area (TPSA) is 139 Å². The van der Waals surface area contributed by atoms with E-state index in [1.807, 2.05) is 42.6 Å². The molecule has 0 aliphatic heterocycles. The largest absolute Gasteiger partial charge is 0.444 e. The van der Waals surface area contributed by atoms with Gasteiger partial charge in [-0.2, -0.15) is 0 Å². The quantitative estimate of drug-likeness (QED) is 0.304. The summed E-state index contributed by atoms with van der Waals surface area (Å²) < 4.78 is 10.7. The van der Waals surface area contributed by atoms with E-state index in [4.69, 9.17) is 9.47 Å². The SMILES string of the molecule is COCC(Cc1ccccc1)(NC(=O)OC(C)(C)C)C(=O)NNC(=O)c1cccc(C(=O)N(C)Cc2nc(C)cs2)c1. The first-order chi connectivity index (χ1) is 19.8. The van der Waals surface area contributed by atoms with Crippen LogP contribution in [0.1, 0.15) is 57.8 Å². The van der Waals surface area contributed by atoms with Crippen LogP contribution in [0.4, 0.5) is 4.79 Å². The van der Waals surface area contributed by atoms with Gasteiger partial charge in [0.05, 0.1) is 13.2 Å². The highest BCUT2D eigenvalue weighted by atomic mass is 32.1. The zero-order valence-corrected chi connectivity index (χ0v) is 25.5. The number of methoxy groups -OCH3 is 1. The van der Waals surface area contributed by atoms with Crippen molar-refractivity contribution in [2.75, 3.05) is 20.8 Å². The van der Waals surface area contributed by atoms with Gasteiger partial charge in [-0.05, 0) is 51.5 Å². The van der Waals surface area contributed by atoms with Gasteiger partial charge in [-0.15, -0.1) is 11.3 Å². The third-order valence-electron chi connectivity index (χ3n) is 5.96. The summed E-state index contributed by atoms with van der Waals surface area (Å²) in [6.45, 7) is 7.13. The minimum Gasteiger partial charge on any atom is -0.444 e. The molecule has 0 aliphatic rings. The number of alkyl carbamates (subject to hydrolysis) is 1. The number of hydrazine groups is 1. The molecule has 0 radical (unpaired) electrons. The first kappa shape index (κ1) is 32.2. The lowest BCUT2D eigenvalue weighted by atomic mass is 9.90. The predicted molar refractivity (Wildman–Crippen MR) is 159 cm³/mol. The number of aryl methyl sites for hydroxylation is 1. The highest BCUT2D eigenvalue weighted by molar-refractivity contribution is 7.09. The summed E-state index contributed by atoms with van der Waals surface area (Å²) in [5.74, 6) is -1.66. The summed E-state index contributed by atoms with van der Waals surface area (Å²) in [7, 11) is 3.06. The first-order valence-electron chi connectivity index (χ1n) is 13.2. The average Bonchev–Trinajstić information content (AvgIpc) is 3.34. The van der Waals surface area contributed by atoms with E-state index in [1.54, 1.807) is 40.0 Å². The third-order valence-corrected chi connectivity index (χ3v) is 6.91. The normalized spacial score (nSPS) is 12.5. The molecule has 0 fully saturated rings. The molecule has 224 valence electrons. The molecule has 1 aromatic heterocycles. The number of nitrogens with zero attached hydrogens (tertiary/aromatic N) is 2. The maximum absolute atomic E-state index is 13.6. The molecule has 0 aliphatic carbocycles. The van der Waals surface area contributed by atoms with Gasteiger partial charge in [0.2, 0.25) is 0 Å². The number of rotatable bonds is 10. The van der Waals surface area contributed by atoms with Crippen LogP contribution < -0.4 is 16.2 Å². The number of amides is 4. The van der Waals surface area contributed by atoms with E-state index in [1.165, 1.54) is 35.5 Å². The second kappa shape index (κ2) is 14.1. The van der Waals surface area contributed by atoms with Crippen LogP contribution in [0.15, 0.2) is 60.0 Å². The monoisotopic (exact) mass is 595 g/mol. The minimum absolute atomic E-state index is 0.0531. The molecule has 3 aromatic rings. The highest BCUT2D eigenvalue weighted by Crippen LogP contribution is 2.18. The van der Waals surface area contributed by atoms with Crippen LogP contribution in [0.3, 0.4) is 0 Å². The fourth-order valence-electron chi connectivity index (χ4n) is 4.09. The smallest absolute Gasteiger partial charge is 0.408 e. The molecule has 12 heteroatoms. The van der Waals surface area contributed by atoms with Crippen LogP contribution in [0, 0.1) is 6.92 Å². The highest BCUT2D eigenvalue weighted by Gasteiger charge is 2.42. The molecule has 3 N–H and O–H groups in total. The summed E-state index contributed by atoms with van der Waals surface area (Å²) >= 11 is 1.47. The molecule has 0 saturated carbocycles. The molecule has 11 nitrogen and oxygen atoms in total. The van der Waals surface area contributed by atoms with Crippen molar-refractivity contribution < 1.29 is 28.7 Å². The maximum Gasteiger partial charge on any atom is 0.408 e. The van der Waals surface area contributed by atoms with Crippen LogP contribution in [0.25, 0.3) is 0 Å². The zero-order valence-electron chi connectivity index (χ0n) is 24.6. The predicted octanol–water partition coefficient (Wildman–Crippen LogP) is 3.64. The third kappa shape index (κ3) is 9.11. The van der Waals surface area contributed by atoms with Crippen LogP contribution in [-0.4, -0.2) is 65.6 Å². The van der Waals surface area contributed by atoms with Crippen LogP contribution in [0.2, 0.25) is 0 Å². The van der Waals surface area contributed by atoms with Gasteiger partial charge in [-0.1, -0.05) is 36.4 Å². The Labute approximate surface area is 249 Å². The Morgan fingerprint density at radius 2 is 1.67 bits per heavy atom. The number of aromatic nitrogens is 1. The number of benzene rings is 2. The molecule has 3 rings (SSSR count). The van der Waals surface area contributed by atoms with Crippen molar-refractivity contribution in [3.63, 3.8) is 0 Å². The molecular weight excluding hydrogens is 558 g/mol. The molecule has 0 saturated heterocycles. The van der Waals surface area contributed by atoms with Crippen molar-refractivity contribution in [2.45, 2.75) is 51.8 Å². The Hall–Kier alpha value is -4.29. The molecule has 0 bridgehead atoms. The van der Waals surface area contributed by atoms with E-state index in [2.05, 4.69) is 21.2 Å². The number of carbonyl (C=O) groups is 4. The van der Waals surface area contributed by atoms with E-state index < -0.39 is 29.0 Å². The van der Waals surface area contributed by atoms with E-state index in [0.717, 1.165) is 16.3 Å². The van der Waals surface area contributed by atoms with E-state index in [0.29, 0.717) is 12.1 Å². The zero-order chi connectivity index (χ0) is 30.9. The van der Waals surface area contributed by atoms with Crippen molar-refractivity contribution in [1.82, 2.24) is 26.1 Å². The van der Waals surface area contributed by atoms with E-state index in [9.17, 15) is 19.2 Å². The molecule has 42 heavy (non-hydrogen) atoms. The summed E-state index contributed by atoms with van der Waals surface area (Å²) in [6.07, 6.45) is -0.766. The number of carbonyl (C=O) groups excluding carboxylic acids is 4. The standard InChI is InChI=1S/C30H37N5O6S/c1-20-18-42-24(31-20)17-35(5)26(37)23-14-10-13-22(15-23)25(36)33-34-27(38)30(19-40-6,16-21-11-8-7-9-12-21)32-28(39)41-29(2,3)4/h7-15,18H,16-17,19H2,1-6H3,(H,32,39)(H,33,36)(H,34,38). The molecule has 1 atom stereocenters. The van der Waals surface area contributed by atoms with Crippen molar-refractivity contribution >= 4 is 35.2 Å². The van der Waals surface area contributed by atoms with Crippen molar-refractivity contribution in [3.8, 4) is 0 Å². The van der Waals surface area contributed by atoms with Gasteiger partial charge in [0, 0.05) is 42.8 Å². The van der Waals surface area contributed by atoms with Crippen LogP contribution >= 0.6 is 11.3 Å². The molecule has 4 amide bonds. The van der Waals surface area contributed by atoms with Gasteiger partial charge in [-0.3, -0.25) is 25.2 Å². The first-order valence-corrected chi connectivity index (χ1v) is 14.1. The molecule has 1 unspecified atom stereocenters. The number of thiazole rings is 1. The molecule has 0 spiro atoms. The Morgan fingerprint density at radius 1 is 0.976 bits per heavy atom. The van der Waals surface area contributed by atoms with Gasteiger partial charge in [-0.25, -0.2) is 9.78 Å². The number of hydrogen-bond acceptors (Lipinski definition) is 8. The van der Waals surface area contributed by atoms with Gasteiger partial charge in [0.1, 0.15) is 10.6 Å². The van der Waals surface area contributed by atoms with E-state index >= 15 is 0 Å². The fraction of sp³-hybridized carbons (Fsp3) is 0.367. The van der Waals surface area contributed by atoms with Crippen LogP contribution in [0.5, 0.6) is 0 Å². The van der Waals surface area contributed by atoms with Gasteiger partial charge in [0.25, 0.3) is 17.7 Å². The summed E-state index contributed by atoms with van der Waals surface area (Å²) in [5.41, 5.74) is 4.45. The summed E-state index contributed by atoms with van der Waals surface area (Å²) in [6, 6.07) is 15.2. The minimum atomic E-state index is -1.62. The molecular formula is C30H37N5O6S. The average molecular weight is 596 g/mol. The number of hydrogen-bond donors (Lipinski definition) is 3. The van der Waals surface area contributed by atoms with E-state index in [-0.39, 0.29) is 24.5 Å². The Morgan fingerprint density at radius 3 is 2.29 bits per heavy atom. The number of ether oxygens (including phenoxy) is 2. The lowest BCUT2D eigenvalue weighted by Gasteiger charge is -2.33. The fourth-order valence-corrected chi connectivity index (χ4v) is 4.92. The Bertz CT molecular complexity index is 1400. The van der Waals surface area contributed by atoms with Gasteiger partial charge < -0.3 is 19.7 Å². The Balaban J connectivity index is 1.75. The summed E-state index contributed by atoms with van der Waals surface area (Å²) in [5, 5.41) is 5.37. The molecule has 1 heterocycles.